The number of carbonyl (C=O) groups is 1. The number of ketones is 1. The Balaban J connectivity index is 1.96. The minimum absolute atomic E-state index is 0.167. The van der Waals surface area contributed by atoms with E-state index >= 15 is 0 Å². The van der Waals surface area contributed by atoms with Crippen LogP contribution in [0.1, 0.15) is 25.7 Å². The maximum atomic E-state index is 11.3. The van der Waals surface area contributed by atoms with E-state index in [9.17, 15) is 13.2 Å². The molecule has 2 heterocycles. The Labute approximate surface area is 90.6 Å². The number of nitrogens with zero attached hydrogens (tertiary/aromatic N) is 1. The van der Waals surface area contributed by atoms with Crippen LogP contribution in [0.5, 0.6) is 0 Å². The summed E-state index contributed by atoms with van der Waals surface area (Å²) in [4.78, 5) is 13.4. The average Bonchev–Trinajstić information content (AvgIpc) is 2.39. The molecule has 0 bridgehead atoms. The van der Waals surface area contributed by atoms with E-state index in [-0.39, 0.29) is 6.04 Å². The van der Waals surface area contributed by atoms with Crippen molar-refractivity contribution in [2.75, 3.05) is 24.6 Å². The zero-order valence-electron chi connectivity index (χ0n) is 8.81. The van der Waals surface area contributed by atoms with Crippen molar-refractivity contribution in [3.8, 4) is 0 Å². The van der Waals surface area contributed by atoms with E-state index in [0.29, 0.717) is 30.1 Å². The molecule has 0 saturated carbocycles. The van der Waals surface area contributed by atoms with Crippen molar-refractivity contribution < 1.29 is 13.2 Å². The molecule has 0 amide bonds. The van der Waals surface area contributed by atoms with Crippen LogP contribution in [0.15, 0.2) is 0 Å². The van der Waals surface area contributed by atoms with E-state index in [4.69, 9.17) is 0 Å². The van der Waals surface area contributed by atoms with Crippen LogP contribution >= 0.6 is 0 Å². The highest BCUT2D eigenvalue weighted by Crippen LogP contribution is 2.20. The molecule has 0 N–H and O–H groups in total. The van der Waals surface area contributed by atoms with Gasteiger partial charge in [0.25, 0.3) is 0 Å². The van der Waals surface area contributed by atoms with E-state index in [2.05, 4.69) is 4.90 Å². The van der Waals surface area contributed by atoms with Crippen molar-refractivity contribution >= 4 is 15.6 Å². The molecule has 2 fully saturated rings. The smallest absolute Gasteiger partial charge is 0.151 e. The lowest BCUT2D eigenvalue weighted by Crippen LogP contribution is -2.37. The van der Waals surface area contributed by atoms with Gasteiger partial charge in [-0.25, -0.2) is 8.42 Å². The van der Waals surface area contributed by atoms with Crippen molar-refractivity contribution in [1.82, 2.24) is 4.90 Å². The molecule has 0 spiro atoms. The summed E-state index contributed by atoms with van der Waals surface area (Å²) in [5.74, 6) is 0.932. The summed E-state index contributed by atoms with van der Waals surface area (Å²) in [5, 5.41) is 0. The van der Waals surface area contributed by atoms with Crippen molar-refractivity contribution in [1.29, 1.82) is 0 Å². The van der Waals surface area contributed by atoms with Crippen LogP contribution in [0.3, 0.4) is 0 Å². The maximum absolute atomic E-state index is 11.3. The summed E-state index contributed by atoms with van der Waals surface area (Å²) in [7, 11) is -2.80. The lowest BCUT2D eigenvalue weighted by atomic mass is 10.2. The second kappa shape index (κ2) is 4.22. The van der Waals surface area contributed by atoms with Gasteiger partial charge in [0.15, 0.2) is 9.84 Å². The highest BCUT2D eigenvalue weighted by molar-refractivity contribution is 7.91. The zero-order valence-corrected chi connectivity index (χ0v) is 9.63. The third-order valence-electron chi connectivity index (χ3n) is 3.30. The molecule has 86 valence electrons. The van der Waals surface area contributed by atoms with Crippen LogP contribution in [0, 0.1) is 0 Å². The predicted octanol–water partition coefficient (Wildman–Crippen LogP) is 0.229. The number of hydrogen-bond donors (Lipinski definition) is 0. The largest absolute Gasteiger partial charge is 0.300 e. The first-order valence-corrected chi connectivity index (χ1v) is 7.35. The van der Waals surface area contributed by atoms with Gasteiger partial charge in [0.2, 0.25) is 0 Å². The Hall–Kier alpha value is -0.420. The fourth-order valence-corrected chi connectivity index (χ4v) is 4.17. The molecule has 4 nitrogen and oxygen atoms in total. The Morgan fingerprint density at radius 1 is 1.20 bits per heavy atom. The van der Waals surface area contributed by atoms with Crippen LogP contribution in [0.2, 0.25) is 0 Å². The van der Waals surface area contributed by atoms with Crippen molar-refractivity contribution in [3.63, 3.8) is 0 Å². The summed E-state index contributed by atoms with van der Waals surface area (Å²) >= 11 is 0. The van der Waals surface area contributed by atoms with E-state index in [1.807, 2.05) is 0 Å². The molecule has 2 aliphatic rings. The quantitative estimate of drug-likeness (QED) is 0.648. The third-order valence-corrected chi connectivity index (χ3v) is 5.05. The van der Waals surface area contributed by atoms with Gasteiger partial charge < -0.3 is 0 Å². The van der Waals surface area contributed by atoms with Gasteiger partial charge >= 0.3 is 0 Å². The minimum atomic E-state index is -2.80. The van der Waals surface area contributed by atoms with Gasteiger partial charge in [-0.1, -0.05) is 0 Å². The van der Waals surface area contributed by atoms with E-state index in [1.165, 1.54) is 0 Å². The third kappa shape index (κ3) is 2.78. The van der Waals surface area contributed by atoms with E-state index in [0.717, 1.165) is 25.9 Å². The highest BCUT2D eigenvalue weighted by Gasteiger charge is 2.32. The molecule has 0 aromatic carbocycles. The molecule has 2 saturated heterocycles. The second-order valence-electron chi connectivity index (χ2n) is 4.49. The lowest BCUT2D eigenvalue weighted by Gasteiger charge is -2.25. The van der Waals surface area contributed by atoms with Gasteiger partial charge in [0.05, 0.1) is 11.5 Å². The number of carbonyl (C=O) groups excluding carboxylic acids is 1. The fraction of sp³-hybridized carbons (Fsp3) is 0.900. The van der Waals surface area contributed by atoms with Crippen molar-refractivity contribution in [2.45, 2.75) is 31.7 Å². The van der Waals surface area contributed by atoms with Crippen LogP contribution < -0.4 is 0 Å². The molecule has 5 heteroatoms. The van der Waals surface area contributed by atoms with Crippen molar-refractivity contribution in [2.24, 2.45) is 0 Å². The lowest BCUT2D eigenvalue weighted by molar-refractivity contribution is -0.118. The predicted molar refractivity (Wildman–Crippen MR) is 57.5 cm³/mol. The molecule has 0 radical (unpaired) electrons. The molecule has 1 atom stereocenters. The molecule has 1 unspecified atom stereocenters. The number of likely N-dealkylation sites (tertiary alicyclic amines) is 1. The number of Topliss-reactive ketones (excluding diaryl/α,β-unsaturated/α-hetero) is 1. The molecular weight excluding hydrogens is 214 g/mol. The SMILES string of the molecule is O=C1CCCN(C2CCS(=O)(=O)C2)CC1. The van der Waals surface area contributed by atoms with E-state index in [1.54, 1.807) is 0 Å². The summed E-state index contributed by atoms with van der Waals surface area (Å²) in [6, 6.07) is 0.167. The first kappa shape index (κ1) is 11.1. The second-order valence-corrected chi connectivity index (χ2v) is 6.71. The van der Waals surface area contributed by atoms with Crippen LogP contribution in [0.25, 0.3) is 0 Å². The summed E-state index contributed by atoms with van der Waals surface area (Å²) in [6.07, 6.45) is 2.89. The summed E-state index contributed by atoms with van der Waals surface area (Å²) in [6.45, 7) is 1.63. The number of hydrogen-bond acceptors (Lipinski definition) is 4. The molecule has 0 aliphatic carbocycles. The Kier molecular flexibility index (Phi) is 3.11. The number of sulfone groups is 1. The first-order chi connectivity index (χ1) is 7.07. The van der Waals surface area contributed by atoms with E-state index < -0.39 is 9.84 Å². The fourth-order valence-electron chi connectivity index (χ4n) is 2.41. The molecule has 0 aromatic heterocycles. The van der Waals surface area contributed by atoms with Gasteiger partial charge in [0, 0.05) is 25.4 Å². The Morgan fingerprint density at radius 2 is 2.00 bits per heavy atom. The molecule has 15 heavy (non-hydrogen) atoms. The molecule has 2 rings (SSSR count). The molecule has 0 aromatic rings. The standard InChI is InChI=1S/C10H17NO3S/c12-10-2-1-5-11(6-3-10)9-4-7-15(13,14)8-9/h9H,1-8H2. The Bertz CT molecular complexity index is 350. The molecule has 2 aliphatic heterocycles. The minimum Gasteiger partial charge on any atom is -0.300 e. The van der Waals surface area contributed by atoms with Gasteiger partial charge in [-0.3, -0.25) is 9.69 Å². The van der Waals surface area contributed by atoms with Gasteiger partial charge in [-0.05, 0) is 19.4 Å². The van der Waals surface area contributed by atoms with Crippen molar-refractivity contribution in [3.05, 3.63) is 0 Å². The van der Waals surface area contributed by atoms with Gasteiger partial charge in [-0.15, -0.1) is 0 Å². The molecular formula is C10H17NO3S. The maximum Gasteiger partial charge on any atom is 0.151 e. The summed E-state index contributed by atoms with van der Waals surface area (Å²) in [5.41, 5.74) is 0. The van der Waals surface area contributed by atoms with Crippen LogP contribution in [-0.4, -0.2) is 49.7 Å². The number of rotatable bonds is 1. The normalized spacial score (nSPS) is 32.8. The first-order valence-electron chi connectivity index (χ1n) is 5.53. The van der Waals surface area contributed by atoms with Gasteiger partial charge in [0.1, 0.15) is 5.78 Å². The topological polar surface area (TPSA) is 54.5 Å². The summed E-state index contributed by atoms with van der Waals surface area (Å²) < 4.78 is 22.7. The van der Waals surface area contributed by atoms with Crippen LogP contribution in [-0.2, 0) is 14.6 Å². The highest BCUT2D eigenvalue weighted by atomic mass is 32.2. The van der Waals surface area contributed by atoms with Crippen LogP contribution in [0.4, 0.5) is 0 Å². The zero-order chi connectivity index (χ0) is 10.9. The van der Waals surface area contributed by atoms with Gasteiger partial charge in [-0.2, -0.15) is 0 Å². The average molecular weight is 231 g/mol. The Morgan fingerprint density at radius 3 is 2.67 bits per heavy atom. The monoisotopic (exact) mass is 231 g/mol.